The Hall–Kier alpha value is -6.48. The van der Waals surface area contributed by atoms with Gasteiger partial charge in [0.1, 0.15) is 0 Å². The quantitative estimate of drug-likeness (QED) is 0.124. The second kappa shape index (κ2) is 16.0. The van der Waals surface area contributed by atoms with Crippen LogP contribution in [-0.4, -0.2) is 6.71 Å². The minimum absolute atomic E-state index is 0.151. The lowest BCUT2D eigenvalue weighted by atomic mass is 9.34. The van der Waals surface area contributed by atoms with Crippen molar-refractivity contribution in [3.63, 3.8) is 0 Å². The van der Waals surface area contributed by atoms with E-state index in [4.69, 9.17) is 0 Å². The van der Waals surface area contributed by atoms with Crippen LogP contribution in [0.25, 0.3) is 0 Å². The van der Waals surface area contributed by atoms with E-state index in [1.807, 2.05) is 36.4 Å². The van der Waals surface area contributed by atoms with E-state index in [0.29, 0.717) is 0 Å². The second-order valence-electron chi connectivity index (χ2n) is 14.3. The first-order valence-electron chi connectivity index (χ1n) is 18.6. The van der Waals surface area contributed by atoms with Crippen LogP contribution in [0.3, 0.4) is 0 Å². The van der Waals surface area contributed by atoms with Gasteiger partial charge in [-0.3, -0.25) is 0 Å². The first kappa shape index (κ1) is 35.9. The van der Waals surface area contributed by atoms with E-state index < -0.39 is 0 Å². The summed E-state index contributed by atoms with van der Waals surface area (Å²) in [6.07, 6.45) is 0. The molecule has 7 rings (SSSR count). The molecule has 2 heteroatoms. The lowest BCUT2D eigenvalue weighted by Crippen LogP contribution is -2.55. The van der Waals surface area contributed by atoms with Crippen LogP contribution in [0.4, 0.5) is 17.1 Å². The topological polar surface area (TPSA) is 3.24 Å². The number of rotatable bonds is 6. The summed E-state index contributed by atoms with van der Waals surface area (Å²) in [6.45, 7) is 13.5. The Bertz CT molecular complexity index is 2380. The molecule has 0 spiro atoms. The van der Waals surface area contributed by atoms with Gasteiger partial charge in [0.05, 0.1) is 0 Å². The van der Waals surface area contributed by atoms with Crippen LogP contribution >= 0.6 is 0 Å². The molecule has 0 saturated heterocycles. The maximum absolute atomic E-state index is 3.39. The smallest absolute Gasteiger partial charge is 0.242 e. The molecule has 0 N–H and O–H groups in total. The van der Waals surface area contributed by atoms with Crippen molar-refractivity contribution in [1.82, 2.24) is 0 Å². The molecular weight excluding hydrogens is 649 g/mol. The highest BCUT2D eigenvalue weighted by atomic mass is 15.1. The van der Waals surface area contributed by atoms with Crippen molar-refractivity contribution in [3.8, 4) is 23.7 Å². The van der Waals surface area contributed by atoms with Crippen LogP contribution in [0.15, 0.2) is 158 Å². The Morgan fingerprint density at radius 3 is 1.00 bits per heavy atom. The fourth-order valence-electron chi connectivity index (χ4n) is 7.75. The van der Waals surface area contributed by atoms with Crippen LogP contribution < -0.4 is 21.3 Å². The third-order valence-corrected chi connectivity index (χ3v) is 10.0. The Kier molecular flexibility index (Phi) is 10.7. The summed E-state index contributed by atoms with van der Waals surface area (Å²) < 4.78 is 0. The third-order valence-electron chi connectivity index (χ3n) is 10.0. The Morgan fingerprint density at radius 1 is 0.352 bits per heavy atom. The molecule has 0 aromatic heterocycles. The molecule has 0 amide bonds. The average molecular weight is 694 g/mol. The molecule has 0 aliphatic heterocycles. The summed E-state index contributed by atoms with van der Waals surface area (Å²) in [5, 5.41) is 0. The minimum atomic E-state index is 0.151. The predicted octanol–water partition coefficient (Wildman–Crippen LogP) is 10.3. The van der Waals surface area contributed by atoms with Crippen LogP contribution in [0.5, 0.6) is 0 Å². The summed E-state index contributed by atoms with van der Waals surface area (Å²) in [4.78, 5) is 2.25. The lowest BCUT2D eigenvalue weighted by molar-refractivity contribution is 1.28. The van der Waals surface area contributed by atoms with Gasteiger partial charge in [0.2, 0.25) is 6.71 Å². The minimum Gasteiger partial charge on any atom is -0.311 e. The van der Waals surface area contributed by atoms with Crippen molar-refractivity contribution in [1.29, 1.82) is 0 Å². The predicted molar refractivity (Wildman–Crippen MR) is 232 cm³/mol. The van der Waals surface area contributed by atoms with Crippen molar-refractivity contribution in [3.05, 3.63) is 213 Å². The molecule has 0 saturated carbocycles. The molecule has 0 bridgehead atoms. The number of hydrogen-bond acceptors (Lipinski definition) is 1. The van der Waals surface area contributed by atoms with Gasteiger partial charge >= 0.3 is 0 Å². The van der Waals surface area contributed by atoms with Gasteiger partial charge in [0.15, 0.2) is 0 Å². The highest BCUT2D eigenvalue weighted by molar-refractivity contribution is 6.96. The van der Waals surface area contributed by atoms with Gasteiger partial charge in [-0.1, -0.05) is 146 Å². The van der Waals surface area contributed by atoms with Gasteiger partial charge in [-0.2, -0.15) is 0 Å². The van der Waals surface area contributed by atoms with E-state index in [1.54, 1.807) is 0 Å². The molecule has 54 heavy (non-hydrogen) atoms. The normalized spacial score (nSPS) is 10.5. The van der Waals surface area contributed by atoms with Crippen LogP contribution in [0.1, 0.15) is 55.6 Å². The third kappa shape index (κ3) is 8.10. The van der Waals surface area contributed by atoms with Crippen LogP contribution in [-0.2, 0) is 0 Å². The molecule has 1 nitrogen and oxygen atoms in total. The zero-order chi connectivity index (χ0) is 37.6. The van der Waals surface area contributed by atoms with Gasteiger partial charge in [-0.15, -0.1) is 0 Å². The largest absolute Gasteiger partial charge is 0.311 e. The molecule has 7 aromatic carbocycles. The van der Waals surface area contributed by atoms with Crippen molar-refractivity contribution in [2.24, 2.45) is 0 Å². The van der Waals surface area contributed by atoms with Gasteiger partial charge in [0, 0.05) is 39.3 Å². The number of anilines is 3. The second-order valence-corrected chi connectivity index (χ2v) is 14.3. The summed E-state index contributed by atoms with van der Waals surface area (Å²) in [6, 6.07) is 55.6. The summed E-state index contributed by atoms with van der Waals surface area (Å²) in [7, 11) is 0. The first-order chi connectivity index (χ1) is 26.2. The van der Waals surface area contributed by atoms with E-state index in [2.05, 4.69) is 191 Å². The van der Waals surface area contributed by atoms with Gasteiger partial charge in [-0.05, 0) is 126 Å². The van der Waals surface area contributed by atoms with Gasteiger partial charge < -0.3 is 4.90 Å². The molecule has 0 heterocycles. The molecule has 0 aliphatic carbocycles. The van der Waals surface area contributed by atoms with Gasteiger partial charge in [0.25, 0.3) is 0 Å². The lowest BCUT2D eigenvalue weighted by Gasteiger charge is -2.25. The molecule has 0 fully saturated rings. The summed E-state index contributed by atoms with van der Waals surface area (Å²) >= 11 is 0. The molecule has 0 aliphatic rings. The SMILES string of the molecule is Cc1cc(C)c(B(c2ccc(C#Cc3ccc(C#Cc4ccc(N(c5ccccc5)c5ccccc5)cc4)cc3)cc2)c2c(C)cc(C)cc2C)c(C)c1. The van der Waals surface area contributed by atoms with Crippen LogP contribution in [0, 0.1) is 65.2 Å². The number of nitrogens with zero attached hydrogens (tertiary/aromatic N) is 1. The van der Waals surface area contributed by atoms with Crippen molar-refractivity contribution < 1.29 is 0 Å². The standard InChI is InChI=1S/C52H44BN/c1-37-33-39(3)51(40(4)34-37)53(52-41(5)35-38(2)36-42(52)6)47-29-25-45(26-30-47)23-21-43-17-19-44(20-18-43)22-24-46-27-31-50(32-28-46)54(48-13-9-7-10-14-48)49-15-11-8-12-16-49/h7-20,25-36H,1-6H3. The summed E-state index contributed by atoms with van der Waals surface area (Å²) in [5.74, 6) is 13.4. The first-order valence-corrected chi connectivity index (χ1v) is 18.6. The number of aryl methyl sites for hydroxylation is 6. The highest BCUT2D eigenvalue weighted by Gasteiger charge is 2.28. The van der Waals surface area contributed by atoms with Crippen molar-refractivity contribution in [2.75, 3.05) is 4.90 Å². The zero-order valence-electron chi connectivity index (χ0n) is 32.0. The summed E-state index contributed by atoms with van der Waals surface area (Å²) in [5.41, 5.74) is 19.2. The van der Waals surface area contributed by atoms with E-state index in [1.165, 1.54) is 49.8 Å². The molecule has 0 unspecified atom stereocenters. The molecule has 260 valence electrons. The maximum atomic E-state index is 3.39. The van der Waals surface area contributed by atoms with Crippen molar-refractivity contribution in [2.45, 2.75) is 41.5 Å². The van der Waals surface area contributed by atoms with E-state index in [0.717, 1.165) is 39.3 Å². The Morgan fingerprint density at radius 2 is 0.648 bits per heavy atom. The average Bonchev–Trinajstić information content (AvgIpc) is 3.17. The number of hydrogen-bond donors (Lipinski definition) is 0. The highest BCUT2D eigenvalue weighted by Crippen LogP contribution is 2.34. The molecule has 0 atom stereocenters. The maximum Gasteiger partial charge on any atom is 0.242 e. The van der Waals surface area contributed by atoms with Crippen molar-refractivity contribution >= 4 is 40.2 Å². The molecule has 7 aromatic rings. The van der Waals surface area contributed by atoms with E-state index in [9.17, 15) is 0 Å². The van der Waals surface area contributed by atoms with E-state index in [-0.39, 0.29) is 6.71 Å². The number of benzene rings is 7. The van der Waals surface area contributed by atoms with Gasteiger partial charge in [-0.25, -0.2) is 0 Å². The Labute approximate surface area is 322 Å². The van der Waals surface area contributed by atoms with E-state index >= 15 is 0 Å². The fraction of sp³-hybridized carbons (Fsp3) is 0.115. The number of para-hydroxylation sites is 2. The monoisotopic (exact) mass is 693 g/mol. The zero-order valence-corrected chi connectivity index (χ0v) is 32.0. The molecule has 0 radical (unpaired) electrons. The fourth-order valence-corrected chi connectivity index (χ4v) is 7.75. The Balaban J connectivity index is 1.08. The molecular formula is C52H44BN. The van der Waals surface area contributed by atoms with Crippen LogP contribution in [0.2, 0.25) is 0 Å².